The van der Waals surface area contributed by atoms with E-state index in [2.05, 4.69) is 21.0 Å². The van der Waals surface area contributed by atoms with Crippen molar-refractivity contribution in [1.29, 1.82) is 0 Å². The molecule has 0 radical (unpaired) electrons. The monoisotopic (exact) mass is 436 g/mol. The topological polar surface area (TPSA) is 64.2 Å². The number of nitrogens with two attached hydrogens (primary N) is 1. The molecule has 0 spiro atoms. The summed E-state index contributed by atoms with van der Waals surface area (Å²) in [4.78, 5) is 14.6. The number of rotatable bonds is 5. The Morgan fingerprint density at radius 3 is 2.38 bits per heavy atom. The van der Waals surface area contributed by atoms with E-state index in [-0.39, 0.29) is 30.7 Å². The van der Waals surface area contributed by atoms with Gasteiger partial charge in [0.2, 0.25) is 5.91 Å². The van der Waals surface area contributed by atoms with E-state index < -0.39 is 5.54 Å². The summed E-state index contributed by atoms with van der Waals surface area (Å²) in [5.41, 5.74) is 7.07. The first-order chi connectivity index (χ1) is 10.3. The molecule has 1 unspecified atom stereocenters. The first-order valence-corrected chi connectivity index (χ1v) is 7.95. The summed E-state index contributed by atoms with van der Waals surface area (Å²) >= 11 is 3.39. The second-order valence-corrected chi connectivity index (χ2v) is 6.47. The van der Waals surface area contributed by atoms with Gasteiger partial charge in [0.05, 0.1) is 6.20 Å². The van der Waals surface area contributed by atoms with Crippen LogP contribution >= 0.6 is 40.7 Å². The number of nitrogens with zero attached hydrogens (tertiary/aromatic N) is 3. The van der Waals surface area contributed by atoms with Gasteiger partial charge in [-0.3, -0.25) is 9.48 Å². The van der Waals surface area contributed by atoms with Crippen LogP contribution in [0.5, 0.6) is 0 Å². The highest BCUT2D eigenvalue weighted by atomic mass is 79.9. The van der Waals surface area contributed by atoms with E-state index in [0.29, 0.717) is 13.1 Å². The molecule has 5 nitrogen and oxygen atoms in total. The Morgan fingerprint density at radius 1 is 1.33 bits per heavy atom. The SMILES string of the molecule is CCN(Cc1cnn(C)c1)C(=O)C(C)(N)c1ccc(Br)cc1.Cl.Cl. The van der Waals surface area contributed by atoms with Gasteiger partial charge in [-0.2, -0.15) is 5.10 Å². The number of carbonyl (C=O) groups is 1. The van der Waals surface area contributed by atoms with Crippen molar-refractivity contribution < 1.29 is 4.79 Å². The fourth-order valence-corrected chi connectivity index (χ4v) is 2.61. The maximum atomic E-state index is 12.9. The molecule has 0 fully saturated rings. The Labute approximate surface area is 163 Å². The molecule has 0 saturated carbocycles. The fraction of sp³-hybridized carbons (Fsp3) is 0.375. The third-order valence-corrected chi connectivity index (χ3v) is 4.22. The molecule has 0 saturated heterocycles. The lowest BCUT2D eigenvalue weighted by Gasteiger charge is -2.31. The molecule has 2 rings (SSSR count). The van der Waals surface area contributed by atoms with Crippen molar-refractivity contribution in [2.75, 3.05) is 6.54 Å². The largest absolute Gasteiger partial charge is 0.337 e. The molecule has 134 valence electrons. The molecule has 0 aliphatic carbocycles. The third kappa shape index (κ3) is 5.21. The summed E-state index contributed by atoms with van der Waals surface area (Å²) in [5, 5.41) is 4.14. The molecule has 1 aromatic carbocycles. The predicted octanol–water partition coefficient (Wildman–Crippen LogP) is 3.25. The highest BCUT2D eigenvalue weighted by Gasteiger charge is 2.34. The number of aromatic nitrogens is 2. The van der Waals surface area contributed by atoms with Crippen LogP contribution in [0.1, 0.15) is 25.0 Å². The smallest absolute Gasteiger partial charge is 0.247 e. The average Bonchev–Trinajstić information content (AvgIpc) is 2.89. The van der Waals surface area contributed by atoms with Crippen LogP contribution in [0.25, 0.3) is 0 Å². The molecule has 0 aliphatic heterocycles. The summed E-state index contributed by atoms with van der Waals surface area (Å²) < 4.78 is 2.69. The first kappa shape index (κ1) is 22.9. The molecule has 2 N–H and O–H groups in total. The highest BCUT2D eigenvalue weighted by molar-refractivity contribution is 9.10. The van der Waals surface area contributed by atoms with Crippen LogP contribution in [0.4, 0.5) is 0 Å². The maximum absolute atomic E-state index is 12.9. The zero-order valence-corrected chi connectivity index (χ0v) is 17.1. The molecule has 1 amide bonds. The summed E-state index contributed by atoms with van der Waals surface area (Å²) in [5.74, 6) is -0.0961. The molecule has 1 heterocycles. The van der Waals surface area contributed by atoms with E-state index in [1.54, 1.807) is 22.7 Å². The minimum absolute atomic E-state index is 0. The van der Waals surface area contributed by atoms with Crippen molar-refractivity contribution in [2.45, 2.75) is 25.9 Å². The standard InChI is InChI=1S/C16H21BrN4O.2ClH/c1-4-21(11-12-9-19-20(3)10-12)15(22)16(2,18)13-5-7-14(17)8-6-13;;/h5-10H,4,11,18H2,1-3H3;2*1H. The molecular formula is C16H23BrCl2N4O. The Kier molecular flexibility index (Phi) is 8.99. The summed E-state index contributed by atoms with van der Waals surface area (Å²) in [6, 6.07) is 7.54. The molecule has 2 aromatic rings. The highest BCUT2D eigenvalue weighted by Crippen LogP contribution is 2.23. The number of likely N-dealkylation sites (N-methyl/N-ethyl adjacent to an activating group) is 1. The quantitative estimate of drug-likeness (QED) is 0.780. The van der Waals surface area contributed by atoms with Gasteiger partial charge in [0.15, 0.2) is 0 Å². The number of amides is 1. The molecular weight excluding hydrogens is 415 g/mol. The van der Waals surface area contributed by atoms with E-state index in [9.17, 15) is 4.79 Å². The van der Waals surface area contributed by atoms with Crippen molar-refractivity contribution >= 4 is 46.7 Å². The van der Waals surface area contributed by atoms with E-state index in [1.165, 1.54) is 0 Å². The summed E-state index contributed by atoms with van der Waals surface area (Å²) in [6.07, 6.45) is 3.67. The van der Waals surface area contributed by atoms with Gasteiger partial charge in [-0.05, 0) is 31.5 Å². The second kappa shape index (κ2) is 9.42. The zero-order chi connectivity index (χ0) is 16.3. The van der Waals surface area contributed by atoms with Crippen LogP contribution in [-0.4, -0.2) is 27.1 Å². The lowest BCUT2D eigenvalue weighted by molar-refractivity contribution is -0.137. The number of hydrogen-bond donors (Lipinski definition) is 1. The van der Waals surface area contributed by atoms with Gasteiger partial charge < -0.3 is 10.6 Å². The lowest BCUT2D eigenvalue weighted by Crippen LogP contribution is -2.50. The molecule has 1 aromatic heterocycles. The fourth-order valence-electron chi connectivity index (χ4n) is 2.35. The van der Waals surface area contributed by atoms with E-state index in [0.717, 1.165) is 15.6 Å². The Balaban J connectivity index is 0.00000264. The van der Waals surface area contributed by atoms with Crippen molar-refractivity contribution in [3.05, 3.63) is 52.3 Å². The van der Waals surface area contributed by atoms with Gasteiger partial charge in [-0.25, -0.2) is 0 Å². The van der Waals surface area contributed by atoms with Gasteiger partial charge >= 0.3 is 0 Å². The first-order valence-electron chi connectivity index (χ1n) is 7.16. The van der Waals surface area contributed by atoms with E-state index in [1.807, 2.05) is 44.4 Å². The number of halogens is 3. The summed E-state index contributed by atoms with van der Waals surface area (Å²) in [6.45, 7) is 4.81. The number of carbonyl (C=O) groups excluding carboxylic acids is 1. The van der Waals surface area contributed by atoms with Crippen molar-refractivity contribution in [3.8, 4) is 0 Å². The van der Waals surface area contributed by atoms with Gasteiger partial charge in [0, 0.05) is 36.4 Å². The van der Waals surface area contributed by atoms with Crippen molar-refractivity contribution in [2.24, 2.45) is 12.8 Å². The number of aryl methyl sites for hydroxylation is 1. The molecule has 8 heteroatoms. The van der Waals surface area contributed by atoms with Crippen LogP contribution in [0, 0.1) is 0 Å². The van der Waals surface area contributed by atoms with Crippen LogP contribution < -0.4 is 5.73 Å². The van der Waals surface area contributed by atoms with Gasteiger partial charge in [0.25, 0.3) is 0 Å². The van der Waals surface area contributed by atoms with E-state index >= 15 is 0 Å². The van der Waals surface area contributed by atoms with Gasteiger partial charge in [0.1, 0.15) is 5.54 Å². The van der Waals surface area contributed by atoms with Crippen LogP contribution in [0.3, 0.4) is 0 Å². The minimum Gasteiger partial charge on any atom is -0.337 e. The predicted molar refractivity (Wildman–Crippen MR) is 104 cm³/mol. The molecule has 0 bridgehead atoms. The van der Waals surface area contributed by atoms with E-state index in [4.69, 9.17) is 5.73 Å². The Hall–Kier alpha value is -1.08. The van der Waals surface area contributed by atoms with Crippen molar-refractivity contribution in [1.82, 2.24) is 14.7 Å². The second-order valence-electron chi connectivity index (χ2n) is 5.55. The number of benzene rings is 1. The normalized spacial score (nSPS) is 12.5. The summed E-state index contributed by atoms with van der Waals surface area (Å²) in [7, 11) is 1.86. The average molecular weight is 438 g/mol. The van der Waals surface area contributed by atoms with Crippen molar-refractivity contribution in [3.63, 3.8) is 0 Å². The Bertz CT molecular complexity index is 658. The van der Waals surface area contributed by atoms with Gasteiger partial charge in [-0.1, -0.05) is 28.1 Å². The lowest BCUT2D eigenvalue weighted by atomic mass is 9.91. The third-order valence-electron chi connectivity index (χ3n) is 3.69. The molecule has 0 aliphatic rings. The minimum atomic E-state index is -1.06. The van der Waals surface area contributed by atoms with Crippen LogP contribution in [0.2, 0.25) is 0 Å². The Morgan fingerprint density at radius 2 is 1.92 bits per heavy atom. The van der Waals surface area contributed by atoms with Crippen LogP contribution in [-0.2, 0) is 23.9 Å². The maximum Gasteiger partial charge on any atom is 0.247 e. The zero-order valence-electron chi connectivity index (χ0n) is 13.9. The molecule has 1 atom stereocenters. The van der Waals surface area contributed by atoms with Gasteiger partial charge in [-0.15, -0.1) is 24.8 Å². The van der Waals surface area contributed by atoms with Crippen LogP contribution in [0.15, 0.2) is 41.1 Å². The number of hydrogen-bond acceptors (Lipinski definition) is 3. The molecule has 24 heavy (non-hydrogen) atoms.